The molecule has 0 bridgehead atoms. The van der Waals surface area contributed by atoms with Crippen LogP contribution in [0, 0.1) is 11.3 Å². The molecule has 1 heterocycles. The molecule has 1 aliphatic rings. The van der Waals surface area contributed by atoms with Crippen molar-refractivity contribution < 1.29 is 23.8 Å². The normalized spacial score (nSPS) is 15.0. The molecule has 8 heteroatoms. The van der Waals surface area contributed by atoms with Crippen LogP contribution < -0.4 is 14.8 Å². The average molecular weight is 627 g/mol. The largest absolute Gasteiger partial charge is 0.493 e. The first-order chi connectivity index (χ1) is 19.1. The number of benzene rings is 2. The minimum Gasteiger partial charge on any atom is -0.493 e. The summed E-state index contributed by atoms with van der Waals surface area (Å²) in [5.74, 6) is 0.952. The number of halogens is 1. The van der Waals surface area contributed by atoms with Crippen LogP contribution in [0.5, 0.6) is 11.5 Å². The first kappa shape index (κ1) is 29.9. The Labute approximate surface area is 248 Å². The van der Waals surface area contributed by atoms with E-state index < -0.39 is 0 Å². The van der Waals surface area contributed by atoms with E-state index in [0.717, 1.165) is 40.8 Å². The molecule has 1 atom stereocenters. The summed E-state index contributed by atoms with van der Waals surface area (Å²) in [6.45, 7) is 9.24. The van der Waals surface area contributed by atoms with Crippen molar-refractivity contribution >= 4 is 50.2 Å². The van der Waals surface area contributed by atoms with Crippen molar-refractivity contribution in [3.63, 3.8) is 0 Å². The standard InChI is InChI=1S/C32H36BrNO5S/c1-6-38-31(36)28-23-14-13-22(32(2,3)4)18-26(23)40-30(28)34-27(35)15-12-21-16-24(33)29(25(17-21)37-5)39-19-20-10-8-7-9-11-20/h7-12,15-17,22H,6,13-14,18-19H2,1-5H3,(H,34,35)/b15-12+. The summed E-state index contributed by atoms with van der Waals surface area (Å²) in [7, 11) is 1.58. The molecule has 1 unspecified atom stereocenters. The lowest BCUT2D eigenvalue weighted by molar-refractivity contribution is -0.111. The maximum atomic E-state index is 13.0. The Bertz CT molecular complexity index is 1390. The van der Waals surface area contributed by atoms with E-state index >= 15 is 0 Å². The molecule has 0 aliphatic heterocycles. The molecule has 1 aliphatic carbocycles. The highest BCUT2D eigenvalue weighted by atomic mass is 79.9. The fraction of sp³-hybridized carbons (Fsp3) is 0.375. The molecule has 0 saturated carbocycles. The highest BCUT2D eigenvalue weighted by Gasteiger charge is 2.34. The summed E-state index contributed by atoms with van der Waals surface area (Å²) in [6, 6.07) is 13.6. The van der Waals surface area contributed by atoms with Gasteiger partial charge in [-0.1, -0.05) is 51.1 Å². The van der Waals surface area contributed by atoms with E-state index in [-0.39, 0.29) is 23.9 Å². The van der Waals surface area contributed by atoms with Gasteiger partial charge in [0, 0.05) is 11.0 Å². The van der Waals surface area contributed by atoms with E-state index in [1.807, 2.05) is 42.5 Å². The van der Waals surface area contributed by atoms with E-state index in [1.54, 1.807) is 20.1 Å². The number of esters is 1. The van der Waals surface area contributed by atoms with E-state index in [1.165, 1.54) is 17.4 Å². The lowest BCUT2D eigenvalue weighted by atomic mass is 9.72. The van der Waals surface area contributed by atoms with Crippen LogP contribution in [0.3, 0.4) is 0 Å². The molecule has 0 saturated heterocycles. The predicted molar refractivity (Wildman–Crippen MR) is 164 cm³/mol. The van der Waals surface area contributed by atoms with Gasteiger partial charge in [-0.15, -0.1) is 11.3 Å². The van der Waals surface area contributed by atoms with Gasteiger partial charge in [0.05, 0.1) is 23.8 Å². The molecule has 40 heavy (non-hydrogen) atoms. The van der Waals surface area contributed by atoms with Crippen LogP contribution >= 0.6 is 27.3 Å². The second-order valence-corrected chi connectivity index (χ2v) is 12.8. The number of carbonyl (C=O) groups is 2. The summed E-state index contributed by atoms with van der Waals surface area (Å²) in [5.41, 5.74) is 3.50. The van der Waals surface area contributed by atoms with Gasteiger partial charge in [0.2, 0.25) is 5.91 Å². The van der Waals surface area contributed by atoms with Crippen LogP contribution in [0.4, 0.5) is 5.00 Å². The van der Waals surface area contributed by atoms with Gasteiger partial charge in [0.15, 0.2) is 11.5 Å². The maximum Gasteiger partial charge on any atom is 0.341 e. The number of thiophene rings is 1. The number of amides is 1. The smallest absolute Gasteiger partial charge is 0.341 e. The quantitative estimate of drug-likeness (QED) is 0.192. The zero-order chi connectivity index (χ0) is 28.9. The second-order valence-electron chi connectivity index (χ2n) is 10.9. The fourth-order valence-electron chi connectivity index (χ4n) is 4.86. The van der Waals surface area contributed by atoms with Crippen LogP contribution in [0.15, 0.2) is 53.0 Å². The Morgan fingerprint density at radius 2 is 1.93 bits per heavy atom. The summed E-state index contributed by atoms with van der Waals surface area (Å²) >= 11 is 5.06. The highest BCUT2D eigenvalue weighted by molar-refractivity contribution is 9.10. The Morgan fingerprint density at radius 3 is 2.60 bits per heavy atom. The number of methoxy groups -OCH3 is 1. The Kier molecular flexibility index (Phi) is 9.74. The highest BCUT2D eigenvalue weighted by Crippen LogP contribution is 2.44. The molecular formula is C32H36BrNO5S. The molecule has 3 aromatic rings. The van der Waals surface area contributed by atoms with E-state index in [0.29, 0.717) is 39.1 Å². The lowest BCUT2D eigenvalue weighted by Crippen LogP contribution is -2.26. The monoisotopic (exact) mass is 625 g/mol. The number of nitrogens with one attached hydrogen (secondary N) is 1. The van der Waals surface area contributed by atoms with Gasteiger partial charge in [-0.25, -0.2) is 4.79 Å². The minimum absolute atomic E-state index is 0.176. The van der Waals surface area contributed by atoms with Crippen molar-refractivity contribution in [2.75, 3.05) is 19.0 Å². The van der Waals surface area contributed by atoms with Crippen LogP contribution in [-0.4, -0.2) is 25.6 Å². The zero-order valence-corrected chi connectivity index (χ0v) is 26.0. The minimum atomic E-state index is -0.381. The van der Waals surface area contributed by atoms with Gasteiger partial charge in [-0.2, -0.15) is 0 Å². The van der Waals surface area contributed by atoms with E-state index in [4.69, 9.17) is 14.2 Å². The molecule has 0 fully saturated rings. The van der Waals surface area contributed by atoms with Gasteiger partial charge in [0.1, 0.15) is 11.6 Å². The molecule has 2 aromatic carbocycles. The van der Waals surface area contributed by atoms with E-state index in [9.17, 15) is 9.59 Å². The van der Waals surface area contributed by atoms with Crippen LogP contribution in [0.2, 0.25) is 0 Å². The molecule has 0 spiro atoms. The Hall–Kier alpha value is -3.10. The number of hydrogen-bond donors (Lipinski definition) is 1. The number of ether oxygens (including phenoxy) is 3. The van der Waals surface area contributed by atoms with Gasteiger partial charge in [-0.3, -0.25) is 4.79 Å². The van der Waals surface area contributed by atoms with Crippen molar-refractivity contribution in [2.24, 2.45) is 11.3 Å². The topological polar surface area (TPSA) is 73.9 Å². The summed E-state index contributed by atoms with van der Waals surface area (Å²) in [6.07, 6.45) is 5.87. The molecule has 1 amide bonds. The van der Waals surface area contributed by atoms with Crippen molar-refractivity contribution in [1.82, 2.24) is 0 Å². The van der Waals surface area contributed by atoms with Crippen molar-refractivity contribution in [2.45, 2.75) is 53.6 Å². The average Bonchev–Trinajstić information content (AvgIpc) is 3.28. The first-order valence-electron chi connectivity index (χ1n) is 13.5. The van der Waals surface area contributed by atoms with Crippen LogP contribution in [0.25, 0.3) is 6.08 Å². The third kappa shape index (κ3) is 7.15. The third-order valence-electron chi connectivity index (χ3n) is 7.11. The number of hydrogen-bond acceptors (Lipinski definition) is 6. The molecule has 1 N–H and O–H groups in total. The molecule has 1 aromatic heterocycles. The molecular weight excluding hydrogens is 590 g/mol. The predicted octanol–water partition coefficient (Wildman–Crippen LogP) is 8.08. The van der Waals surface area contributed by atoms with Gasteiger partial charge >= 0.3 is 5.97 Å². The van der Waals surface area contributed by atoms with E-state index in [2.05, 4.69) is 42.0 Å². The summed E-state index contributed by atoms with van der Waals surface area (Å²) in [4.78, 5) is 27.1. The summed E-state index contributed by atoms with van der Waals surface area (Å²) < 4.78 is 17.7. The lowest BCUT2D eigenvalue weighted by Gasteiger charge is -2.33. The molecule has 6 nitrogen and oxygen atoms in total. The Morgan fingerprint density at radius 1 is 1.18 bits per heavy atom. The van der Waals surface area contributed by atoms with Gasteiger partial charge < -0.3 is 19.5 Å². The van der Waals surface area contributed by atoms with Crippen molar-refractivity contribution in [3.05, 3.63) is 80.1 Å². The number of anilines is 1. The number of rotatable bonds is 9. The van der Waals surface area contributed by atoms with Crippen LogP contribution in [-0.2, 0) is 29.0 Å². The molecule has 0 radical (unpaired) electrons. The van der Waals surface area contributed by atoms with Crippen LogP contribution in [0.1, 0.15) is 66.0 Å². The maximum absolute atomic E-state index is 13.0. The van der Waals surface area contributed by atoms with Gasteiger partial charge in [-0.05, 0) is 88.3 Å². The van der Waals surface area contributed by atoms with Crippen molar-refractivity contribution in [1.29, 1.82) is 0 Å². The number of carbonyl (C=O) groups excluding carboxylic acids is 2. The third-order valence-corrected chi connectivity index (χ3v) is 8.87. The number of fused-ring (bicyclic) bond motifs is 1. The fourth-order valence-corrected chi connectivity index (χ4v) is 6.76. The SMILES string of the molecule is CCOC(=O)c1c(NC(=O)/C=C/c2cc(Br)c(OCc3ccccc3)c(OC)c2)sc2c1CCC(C(C)(C)C)C2. The van der Waals surface area contributed by atoms with Crippen molar-refractivity contribution in [3.8, 4) is 11.5 Å². The van der Waals surface area contributed by atoms with Gasteiger partial charge in [0.25, 0.3) is 0 Å². The molecule has 212 valence electrons. The second kappa shape index (κ2) is 13.0. The zero-order valence-electron chi connectivity index (χ0n) is 23.6. The first-order valence-corrected chi connectivity index (χ1v) is 15.1. The Balaban J connectivity index is 1.51. The summed E-state index contributed by atoms with van der Waals surface area (Å²) in [5, 5.41) is 3.50. The molecule has 4 rings (SSSR count).